The van der Waals surface area contributed by atoms with Gasteiger partial charge in [0, 0.05) is 21.7 Å². The number of aryl methyl sites for hydroxylation is 1. The van der Waals surface area contributed by atoms with Crippen molar-refractivity contribution in [3.05, 3.63) is 45.7 Å². The molecular formula is C15H19BrClN3S. The van der Waals surface area contributed by atoms with Gasteiger partial charge in [-0.05, 0) is 31.7 Å². The van der Waals surface area contributed by atoms with Crippen molar-refractivity contribution >= 4 is 39.3 Å². The Labute approximate surface area is 143 Å². The second-order valence-corrected chi connectivity index (χ2v) is 7.13. The normalized spacial score (nSPS) is 12.6. The summed E-state index contributed by atoms with van der Waals surface area (Å²) >= 11 is 11.6. The van der Waals surface area contributed by atoms with E-state index in [9.17, 15) is 0 Å². The standard InChI is InChI=1S/C15H19BrClN3S/c1-3-7-20-15(13(17)9-19-20)14(18-2)10-21-12-6-4-5-11(16)8-12/h4-6,8-9,14,18H,3,7,10H2,1-2H3. The van der Waals surface area contributed by atoms with Crippen molar-refractivity contribution in [2.24, 2.45) is 0 Å². The van der Waals surface area contributed by atoms with E-state index in [1.165, 1.54) is 4.90 Å². The molecule has 0 amide bonds. The number of hydrogen-bond donors (Lipinski definition) is 1. The van der Waals surface area contributed by atoms with Crippen LogP contribution >= 0.6 is 39.3 Å². The SMILES string of the molecule is CCCn1ncc(Cl)c1C(CSc1cccc(Br)c1)NC. The number of halogens is 2. The number of aromatic nitrogens is 2. The summed E-state index contributed by atoms with van der Waals surface area (Å²) in [6.45, 7) is 3.03. The Bertz CT molecular complexity index is 588. The minimum Gasteiger partial charge on any atom is -0.311 e. The predicted octanol–water partition coefficient (Wildman–Crippen LogP) is 4.76. The molecule has 0 bridgehead atoms. The minimum atomic E-state index is 0.176. The molecule has 0 saturated carbocycles. The zero-order valence-corrected chi connectivity index (χ0v) is 15.3. The van der Waals surface area contributed by atoms with Gasteiger partial charge >= 0.3 is 0 Å². The first-order valence-corrected chi connectivity index (χ1v) is 9.08. The summed E-state index contributed by atoms with van der Waals surface area (Å²) in [5.41, 5.74) is 1.07. The largest absolute Gasteiger partial charge is 0.311 e. The molecule has 1 unspecified atom stereocenters. The Hall–Kier alpha value is -0.490. The highest BCUT2D eigenvalue weighted by Gasteiger charge is 2.19. The molecule has 2 rings (SSSR count). The van der Waals surface area contributed by atoms with Crippen molar-refractivity contribution in [2.75, 3.05) is 12.8 Å². The Morgan fingerprint density at radius 3 is 2.95 bits per heavy atom. The van der Waals surface area contributed by atoms with E-state index in [2.05, 4.69) is 51.5 Å². The average molecular weight is 389 g/mol. The molecule has 0 saturated heterocycles. The van der Waals surface area contributed by atoms with Crippen LogP contribution in [0, 0.1) is 0 Å². The quantitative estimate of drug-likeness (QED) is 0.693. The van der Waals surface area contributed by atoms with Gasteiger partial charge in [0.1, 0.15) is 0 Å². The summed E-state index contributed by atoms with van der Waals surface area (Å²) < 4.78 is 3.10. The van der Waals surface area contributed by atoms with Gasteiger partial charge in [-0.1, -0.05) is 40.5 Å². The number of thioether (sulfide) groups is 1. The second-order valence-electron chi connectivity index (χ2n) is 4.71. The number of nitrogens with one attached hydrogen (secondary N) is 1. The molecule has 1 heterocycles. The van der Waals surface area contributed by atoms with Gasteiger partial charge in [-0.25, -0.2) is 0 Å². The molecule has 1 atom stereocenters. The third-order valence-electron chi connectivity index (χ3n) is 3.16. The lowest BCUT2D eigenvalue weighted by atomic mass is 10.2. The lowest BCUT2D eigenvalue weighted by Gasteiger charge is -2.18. The van der Waals surface area contributed by atoms with Crippen LogP contribution in [0.1, 0.15) is 25.1 Å². The average Bonchev–Trinajstić information content (AvgIpc) is 2.82. The van der Waals surface area contributed by atoms with Crippen LogP contribution in [-0.2, 0) is 6.54 Å². The molecular weight excluding hydrogens is 370 g/mol. The van der Waals surface area contributed by atoms with Crippen LogP contribution in [0.3, 0.4) is 0 Å². The number of hydrogen-bond acceptors (Lipinski definition) is 3. The zero-order valence-electron chi connectivity index (χ0n) is 12.1. The molecule has 2 aromatic rings. The zero-order chi connectivity index (χ0) is 15.2. The van der Waals surface area contributed by atoms with E-state index in [1.54, 1.807) is 6.20 Å². The van der Waals surface area contributed by atoms with Crippen LogP contribution in [0.4, 0.5) is 0 Å². The molecule has 6 heteroatoms. The van der Waals surface area contributed by atoms with Crippen LogP contribution in [-0.4, -0.2) is 22.6 Å². The molecule has 0 fully saturated rings. The van der Waals surface area contributed by atoms with Crippen LogP contribution in [0.2, 0.25) is 5.02 Å². The van der Waals surface area contributed by atoms with Crippen molar-refractivity contribution in [3.63, 3.8) is 0 Å². The lowest BCUT2D eigenvalue weighted by molar-refractivity contribution is 0.524. The molecule has 114 valence electrons. The van der Waals surface area contributed by atoms with E-state index < -0.39 is 0 Å². The summed E-state index contributed by atoms with van der Waals surface area (Å²) in [4.78, 5) is 1.24. The maximum absolute atomic E-state index is 6.32. The first-order valence-electron chi connectivity index (χ1n) is 6.92. The molecule has 0 aliphatic carbocycles. The second kappa shape index (κ2) is 8.22. The number of rotatable bonds is 7. The predicted molar refractivity (Wildman–Crippen MR) is 94.2 cm³/mol. The summed E-state index contributed by atoms with van der Waals surface area (Å²) in [6, 6.07) is 8.51. The van der Waals surface area contributed by atoms with Gasteiger partial charge in [-0.2, -0.15) is 5.10 Å². The molecule has 0 radical (unpaired) electrons. The highest BCUT2D eigenvalue weighted by atomic mass is 79.9. The van der Waals surface area contributed by atoms with Crippen LogP contribution in [0.5, 0.6) is 0 Å². The van der Waals surface area contributed by atoms with E-state index in [4.69, 9.17) is 11.6 Å². The maximum Gasteiger partial charge on any atom is 0.0834 e. The van der Waals surface area contributed by atoms with E-state index in [-0.39, 0.29) is 6.04 Å². The topological polar surface area (TPSA) is 29.9 Å². The Morgan fingerprint density at radius 1 is 1.48 bits per heavy atom. The Morgan fingerprint density at radius 2 is 2.29 bits per heavy atom. The molecule has 1 aromatic carbocycles. The Balaban J connectivity index is 2.11. The van der Waals surface area contributed by atoms with Gasteiger partial charge in [0.05, 0.1) is 23.0 Å². The molecule has 3 nitrogen and oxygen atoms in total. The smallest absolute Gasteiger partial charge is 0.0834 e. The first kappa shape index (κ1) is 16.9. The van der Waals surface area contributed by atoms with Gasteiger partial charge in [-0.15, -0.1) is 11.8 Å². The van der Waals surface area contributed by atoms with Gasteiger partial charge in [-0.3, -0.25) is 4.68 Å². The van der Waals surface area contributed by atoms with Gasteiger partial charge in [0.2, 0.25) is 0 Å². The van der Waals surface area contributed by atoms with Crippen LogP contribution in [0.25, 0.3) is 0 Å². The molecule has 0 spiro atoms. The fourth-order valence-corrected chi connectivity index (χ4v) is 4.04. The van der Waals surface area contributed by atoms with E-state index >= 15 is 0 Å². The summed E-state index contributed by atoms with van der Waals surface area (Å²) in [5.74, 6) is 0.905. The highest BCUT2D eigenvalue weighted by Crippen LogP contribution is 2.29. The Kier molecular flexibility index (Phi) is 6.61. The minimum absolute atomic E-state index is 0.176. The van der Waals surface area contributed by atoms with Crippen molar-refractivity contribution in [3.8, 4) is 0 Å². The molecule has 1 N–H and O–H groups in total. The van der Waals surface area contributed by atoms with Crippen molar-refractivity contribution in [2.45, 2.75) is 30.8 Å². The van der Waals surface area contributed by atoms with Crippen LogP contribution < -0.4 is 5.32 Å². The van der Waals surface area contributed by atoms with Crippen molar-refractivity contribution < 1.29 is 0 Å². The highest BCUT2D eigenvalue weighted by molar-refractivity contribution is 9.10. The van der Waals surface area contributed by atoms with Crippen LogP contribution in [0.15, 0.2) is 39.8 Å². The van der Waals surface area contributed by atoms with Gasteiger partial charge in [0.15, 0.2) is 0 Å². The van der Waals surface area contributed by atoms with Crippen molar-refractivity contribution in [1.82, 2.24) is 15.1 Å². The molecule has 1 aromatic heterocycles. The monoisotopic (exact) mass is 387 g/mol. The molecule has 21 heavy (non-hydrogen) atoms. The lowest BCUT2D eigenvalue weighted by Crippen LogP contribution is -2.23. The molecule has 0 aliphatic rings. The summed E-state index contributed by atoms with van der Waals surface area (Å²) in [7, 11) is 1.96. The number of nitrogens with zero attached hydrogens (tertiary/aromatic N) is 2. The third-order valence-corrected chi connectivity index (χ3v) is 5.03. The number of benzene rings is 1. The van der Waals surface area contributed by atoms with Crippen molar-refractivity contribution in [1.29, 1.82) is 0 Å². The summed E-state index contributed by atoms with van der Waals surface area (Å²) in [6.07, 6.45) is 2.78. The van der Waals surface area contributed by atoms with E-state index in [0.29, 0.717) is 0 Å². The first-order chi connectivity index (χ1) is 10.2. The maximum atomic E-state index is 6.32. The van der Waals surface area contributed by atoms with Gasteiger partial charge in [0.25, 0.3) is 0 Å². The summed E-state index contributed by atoms with van der Waals surface area (Å²) in [5, 5.41) is 8.46. The molecule has 0 aliphatic heterocycles. The van der Waals surface area contributed by atoms with E-state index in [0.717, 1.165) is 33.9 Å². The van der Waals surface area contributed by atoms with Gasteiger partial charge < -0.3 is 5.32 Å². The fourth-order valence-electron chi connectivity index (χ4n) is 2.14. The van der Waals surface area contributed by atoms with E-state index in [1.807, 2.05) is 29.6 Å². The third kappa shape index (κ3) is 4.49. The fraction of sp³-hybridized carbons (Fsp3) is 0.400.